The summed E-state index contributed by atoms with van der Waals surface area (Å²) in [5.74, 6) is 0.819. The van der Waals surface area contributed by atoms with Crippen LogP contribution in [0.1, 0.15) is 17.3 Å². The molecule has 6 heteroatoms. The normalized spacial score (nSPS) is 10.2. The van der Waals surface area contributed by atoms with Crippen LogP contribution in [0.2, 0.25) is 10.0 Å². The zero-order valence-corrected chi connectivity index (χ0v) is 13.7. The molecule has 0 bridgehead atoms. The molecule has 1 N–H and O–H groups in total. The van der Waals surface area contributed by atoms with E-state index in [1.807, 2.05) is 6.92 Å². The lowest BCUT2D eigenvalue weighted by molar-refractivity contribution is 0.102. The fourth-order valence-electron chi connectivity index (χ4n) is 1.86. The molecule has 0 saturated carbocycles. The minimum absolute atomic E-state index is 0.278. The molecule has 0 fully saturated rings. The summed E-state index contributed by atoms with van der Waals surface area (Å²) in [5.41, 5.74) is 1.01. The number of methoxy groups -OCH3 is 1. The molecular weight excluding hydrogens is 325 g/mol. The minimum atomic E-state index is -0.278. The molecule has 116 valence electrons. The second-order valence-electron chi connectivity index (χ2n) is 4.38. The number of benzene rings is 2. The summed E-state index contributed by atoms with van der Waals surface area (Å²) >= 11 is 11.8. The van der Waals surface area contributed by atoms with E-state index in [2.05, 4.69) is 5.32 Å². The monoisotopic (exact) mass is 339 g/mol. The Labute approximate surface area is 138 Å². The van der Waals surface area contributed by atoms with Crippen molar-refractivity contribution in [2.24, 2.45) is 0 Å². The molecule has 0 aliphatic heterocycles. The van der Waals surface area contributed by atoms with Crippen LogP contribution in [0, 0.1) is 0 Å². The Balaban J connectivity index is 2.20. The van der Waals surface area contributed by atoms with Gasteiger partial charge in [0, 0.05) is 11.3 Å². The van der Waals surface area contributed by atoms with E-state index in [9.17, 15) is 4.79 Å². The fourth-order valence-corrected chi connectivity index (χ4v) is 2.16. The van der Waals surface area contributed by atoms with Gasteiger partial charge < -0.3 is 14.8 Å². The molecule has 0 heterocycles. The molecule has 22 heavy (non-hydrogen) atoms. The van der Waals surface area contributed by atoms with Crippen molar-refractivity contribution in [1.29, 1.82) is 0 Å². The second kappa shape index (κ2) is 7.38. The van der Waals surface area contributed by atoms with Gasteiger partial charge in [0.05, 0.1) is 23.8 Å². The highest BCUT2D eigenvalue weighted by Crippen LogP contribution is 2.29. The Kier molecular flexibility index (Phi) is 5.52. The molecule has 2 aromatic carbocycles. The van der Waals surface area contributed by atoms with Crippen molar-refractivity contribution in [1.82, 2.24) is 0 Å². The summed E-state index contributed by atoms with van der Waals surface area (Å²) in [7, 11) is 1.53. The van der Waals surface area contributed by atoms with Crippen LogP contribution in [0.15, 0.2) is 36.4 Å². The number of anilines is 1. The molecule has 0 aromatic heterocycles. The van der Waals surface area contributed by atoms with E-state index < -0.39 is 0 Å². The van der Waals surface area contributed by atoms with Crippen LogP contribution < -0.4 is 14.8 Å². The second-order valence-corrected chi connectivity index (χ2v) is 5.20. The van der Waals surface area contributed by atoms with Gasteiger partial charge in [-0.05, 0) is 43.3 Å². The Morgan fingerprint density at radius 2 is 1.86 bits per heavy atom. The number of hydrogen-bond acceptors (Lipinski definition) is 3. The van der Waals surface area contributed by atoms with Gasteiger partial charge in [-0.25, -0.2) is 0 Å². The Morgan fingerprint density at radius 3 is 2.50 bits per heavy atom. The van der Waals surface area contributed by atoms with E-state index in [1.165, 1.54) is 7.11 Å². The third kappa shape index (κ3) is 3.84. The van der Waals surface area contributed by atoms with Crippen molar-refractivity contribution in [3.63, 3.8) is 0 Å². The van der Waals surface area contributed by atoms with Crippen molar-refractivity contribution in [3.8, 4) is 11.5 Å². The number of nitrogens with one attached hydrogen (secondary N) is 1. The maximum atomic E-state index is 12.3. The molecule has 0 aliphatic carbocycles. The smallest absolute Gasteiger partial charge is 0.255 e. The van der Waals surface area contributed by atoms with Gasteiger partial charge in [0.15, 0.2) is 11.5 Å². The lowest BCUT2D eigenvalue weighted by Crippen LogP contribution is -2.12. The van der Waals surface area contributed by atoms with Gasteiger partial charge in [0.25, 0.3) is 5.91 Å². The zero-order chi connectivity index (χ0) is 16.1. The summed E-state index contributed by atoms with van der Waals surface area (Å²) in [6, 6.07) is 9.88. The Morgan fingerprint density at radius 1 is 1.09 bits per heavy atom. The van der Waals surface area contributed by atoms with Gasteiger partial charge in [-0.15, -0.1) is 0 Å². The number of carbonyl (C=O) groups excluding carboxylic acids is 1. The van der Waals surface area contributed by atoms with Crippen LogP contribution in [0.5, 0.6) is 11.5 Å². The van der Waals surface area contributed by atoms with Crippen LogP contribution in [0.4, 0.5) is 5.69 Å². The van der Waals surface area contributed by atoms with Crippen molar-refractivity contribution in [2.75, 3.05) is 19.0 Å². The van der Waals surface area contributed by atoms with Gasteiger partial charge in [0.2, 0.25) is 0 Å². The summed E-state index contributed by atoms with van der Waals surface area (Å²) in [6.07, 6.45) is 0. The lowest BCUT2D eigenvalue weighted by Gasteiger charge is -2.11. The molecule has 0 aliphatic rings. The largest absolute Gasteiger partial charge is 0.493 e. The number of ether oxygens (including phenoxy) is 2. The first-order valence-corrected chi connectivity index (χ1v) is 7.38. The van der Waals surface area contributed by atoms with E-state index in [0.29, 0.717) is 39.4 Å². The first-order valence-electron chi connectivity index (χ1n) is 6.62. The van der Waals surface area contributed by atoms with Gasteiger partial charge >= 0.3 is 0 Å². The first kappa shape index (κ1) is 16.5. The van der Waals surface area contributed by atoms with E-state index in [1.54, 1.807) is 36.4 Å². The molecule has 0 saturated heterocycles. The van der Waals surface area contributed by atoms with Crippen LogP contribution in [0.3, 0.4) is 0 Å². The number of hydrogen-bond donors (Lipinski definition) is 1. The average molecular weight is 340 g/mol. The summed E-state index contributed by atoms with van der Waals surface area (Å²) in [6.45, 7) is 2.40. The van der Waals surface area contributed by atoms with Gasteiger partial charge in [0.1, 0.15) is 0 Å². The highest BCUT2D eigenvalue weighted by molar-refractivity contribution is 6.42. The number of halogens is 2. The SMILES string of the molecule is CCOc1ccc(C(=O)Nc2ccc(Cl)c(Cl)c2)cc1OC. The van der Waals surface area contributed by atoms with Gasteiger partial charge in [-0.3, -0.25) is 4.79 Å². The predicted octanol–water partition coefficient (Wildman–Crippen LogP) is 4.65. The molecular formula is C16H15Cl2NO3. The molecule has 1 amide bonds. The van der Waals surface area contributed by atoms with E-state index in [0.717, 1.165) is 0 Å². The molecule has 2 aromatic rings. The van der Waals surface area contributed by atoms with Gasteiger partial charge in [-0.2, -0.15) is 0 Å². The third-order valence-electron chi connectivity index (χ3n) is 2.90. The fraction of sp³-hybridized carbons (Fsp3) is 0.188. The van der Waals surface area contributed by atoms with Crippen LogP contribution >= 0.6 is 23.2 Å². The molecule has 4 nitrogen and oxygen atoms in total. The summed E-state index contributed by atoms with van der Waals surface area (Å²) in [4.78, 5) is 12.3. The van der Waals surface area contributed by atoms with E-state index in [4.69, 9.17) is 32.7 Å². The number of amides is 1. The van der Waals surface area contributed by atoms with E-state index in [-0.39, 0.29) is 5.91 Å². The Bertz CT molecular complexity index is 689. The lowest BCUT2D eigenvalue weighted by atomic mass is 10.2. The quantitative estimate of drug-likeness (QED) is 0.862. The highest BCUT2D eigenvalue weighted by Gasteiger charge is 2.12. The zero-order valence-electron chi connectivity index (χ0n) is 12.2. The van der Waals surface area contributed by atoms with Crippen molar-refractivity contribution in [2.45, 2.75) is 6.92 Å². The van der Waals surface area contributed by atoms with Crippen molar-refractivity contribution in [3.05, 3.63) is 52.0 Å². The van der Waals surface area contributed by atoms with Crippen LogP contribution in [0.25, 0.3) is 0 Å². The topological polar surface area (TPSA) is 47.6 Å². The predicted molar refractivity (Wildman–Crippen MR) is 88.6 cm³/mol. The maximum absolute atomic E-state index is 12.3. The third-order valence-corrected chi connectivity index (χ3v) is 3.64. The highest BCUT2D eigenvalue weighted by atomic mass is 35.5. The van der Waals surface area contributed by atoms with Crippen molar-refractivity contribution >= 4 is 34.8 Å². The van der Waals surface area contributed by atoms with Crippen LogP contribution in [-0.2, 0) is 0 Å². The molecule has 0 spiro atoms. The standard InChI is InChI=1S/C16H15Cl2NO3/c1-3-22-14-7-4-10(8-15(14)21-2)16(20)19-11-5-6-12(17)13(18)9-11/h4-9H,3H2,1-2H3,(H,19,20). The van der Waals surface area contributed by atoms with Gasteiger partial charge in [-0.1, -0.05) is 23.2 Å². The molecule has 0 radical (unpaired) electrons. The van der Waals surface area contributed by atoms with Crippen molar-refractivity contribution < 1.29 is 14.3 Å². The molecule has 2 rings (SSSR count). The minimum Gasteiger partial charge on any atom is -0.493 e. The van der Waals surface area contributed by atoms with Crippen LogP contribution in [-0.4, -0.2) is 19.6 Å². The maximum Gasteiger partial charge on any atom is 0.255 e. The number of rotatable bonds is 5. The van der Waals surface area contributed by atoms with E-state index >= 15 is 0 Å². The average Bonchev–Trinajstić information content (AvgIpc) is 2.51. The molecule has 0 unspecified atom stereocenters. The summed E-state index contributed by atoms with van der Waals surface area (Å²) < 4.78 is 10.7. The Hall–Kier alpha value is -1.91. The summed E-state index contributed by atoms with van der Waals surface area (Å²) in [5, 5.41) is 3.56. The first-order chi connectivity index (χ1) is 10.5. The molecule has 0 atom stereocenters. The number of carbonyl (C=O) groups is 1.